The van der Waals surface area contributed by atoms with E-state index in [1.165, 1.54) is 12.8 Å². The Morgan fingerprint density at radius 3 is 2.89 bits per heavy atom. The van der Waals surface area contributed by atoms with Gasteiger partial charge in [-0.25, -0.2) is 8.42 Å². The standard InChI is InChI=1S/C12H19N3O2S/c1-9-3-2-5-15-11(13-14-12(9)15)7-10-4-6-18(16,17)8-10/h9-10H,2-8H2,1H3. The van der Waals surface area contributed by atoms with E-state index in [2.05, 4.69) is 21.7 Å². The van der Waals surface area contributed by atoms with Crippen LogP contribution in [0.2, 0.25) is 0 Å². The highest BCUT2D eigenvalue weighted by Gasteiger charge is 2.30. The Kier molecular flexibility index (Phi) is 2.92. The molecule has 100 valence electrons. The lowest BCUT2D eigenvalue weighted by Crippen LogP contribution is -2.18. The molecule has 18 heavy (non-hydrogen) atoms. The van der Waals surface area contributed by atoms with Crippen LogP contribution in [-0.2, 0) is 22.8 Å². The van der Waals surface area contributed by atoms with Crippen LogP contribution in [0.15, 0.2) is 0 Å². The van der Waals surface area contributed by atoms with Gasteiger partial charge >= 0.3 is 0 Å². The van der Waals surface area contributed by atoms with E-state index in [0.29, 0.717) is 17.4 Å². The summed E-state index contributed by atoms with van der Waals surface area (Å²) < 4.78 is 25.1. The van der Waals surface area contributed by atoms with Crippen molar-refractivity contribution in [1.82, 2.24) is 14.8 Å². The van der Waals surface area contributed by atoms with Crippen molar-refractivity contribution in [3.63, 3.8) is 0 Å². The molecule has 3 heterocycles. The van der Waals surface area contributed by atoms with Crippen molar-refractivity contribution in [2.24, 2.45) is 5.92 Å². The molecule has 1 aromatic rings. The molecule has 2 atom stereocenters. The van der Waals surface area contributed by atoms with Crippen LogP contribution in [0.5, 0.6) is 0 Å². The fourth-order valence-corrected chi connectivity index (χ4v) is 4.95. The number of hydrogen-bond donors (Lipinski definition) is 0. The van der Waals surface area contributed by atoms with Crippen molar-refractivity contribution in [2.75, 3.05) is 11.5 Å². The smallest absolute Gasteiger partial charge is 0.150 e. The van der Waals surface area contributed by atoms with Crippen LogP contribution in [0, 0.1) is 5.92 Å². The molecule has 5 nitrogen and oxygen atoms in total. The van der Waals surface area contributed by atoms with E-state index in [1.54, 1.807) is 0 Å². The number of hydrogen-bond acceptors (Lipinski definition) is 4. The molecule has 0 radical (unpaired) electrons. The van der Waals surface area contributed by atoms with Gasteiger partial charge in [-0.3, -0.25) is 0 Å². The molecule has 2 aliphatic heterocycles. The summed E-state index contributed by atoms with van der Waals surface area (Å²) in [6.45, 7) is 3.17. The molecule has 0 aromatic carbocycles. The molecule has 0 saturated carbocycles. The monoisotopic (exact) mass is 269 g/mol. The first-order chi connectivity index (χ1) is 8.55. The van der Waals surface area contributed by atoms with E-state index in [9.17, 15) is 8.42 Å². The van der Waals surface area contributed by atoms with Crippen LogP contribution in [-0.4, -0.2) is 34.7 Å². The lowest BCUT2D eigenvalue weighted by Gasteiger charge is -2.20. The highest BCUT2D eigenvalue weighted by Crippen LogP contribution is 2.28. The summed E-state index contributed by atoms with van der Waals surface area (Å²) in [5.74, 6) is 3.45. The number of rotatable bonds is 2. The number of aromatic nitrogens is 3. The lowest BCUT2D eigenvalue weighted by atomic mass is 10.0. The van der Waals surface area contributed by atoms with Crippen molar-refractivity contribution in [3.8, 4) is 0 Å². The second-order valence-electron chi connectivity index (χ2n) is 5.64. The molecule has 1 fully saturated rings. The third-order valence-corrected chi connectivity index (χ3v) is 5.95. The second kappa shape index (κ2) is 4.33. The van der Waals surface area contributed by atoms with Crippen molar-refractivity contribution in [3.05, 3.63) is 11.6 Å². The van der Waals surface area contributed by atoms with Gasteiger partial charge in [-0.2, -0.15) is 0 Å². The van der Waals surface area contributed by atoms with E-state index in [1.807, 2.05) is 0 Å². The van der Waals surface area contributed by atoms with Gasteiger partial charge < -0.3 is 4.57 Å². The molecule has 0 amide bonds. The Morgan fingerprint density at radius 2 is 2.17 bits per heavy atom. The maximum absolute atomic E-state index is 11.5. The van der Waals surface area contributed by atoms with Crippen LogP contribution < -0.4 is 0 Å². The minimum absolute atomic E-state index is 0.237. The van der Waals surface area contributed by atoms with Gasteiger partial charge in [-0.1, -0.05) is 6.92 Å². The quantitative estimate of drug-likeness (QED) is 0.808. The lowest BCUT2D eigenvalue weighted by molar-refractivity contribution is 0.443. The van der Waals surface area contributed by atoms with Gasteiger partial charge in [0.05, 0.1) is 11.5 Å². The van der Waals surface area contributed by atoms with Crippen LogP contribution >= 0.6 is 0 Å². The van der Waals surface area contributed by atoms with Gasteiger partial charge in [-0.15, -0.1) is 10.2 Å². The molecule has 6 heteroatoms. The predicted molar refractivity (Wildman–Crippen MR) is 68.1 cm³/mol. The predicted octanol–water partition coefficient (Wildman–Crippen LogP) is 1.15. The largest absolute Gasteiger partial charge is 0.315 e. The molecule has 0 N–H and O–H groups in total. The van der Waals surface area contributed by atoms with Gasteiger partial charge in [0.25, 0.3) is 0 Å². The SMILES string of the molecule is CC1CCCn2c(CC3CCS(=O)(=O)C3)nnc21. The third-order valence-electron chi connectivity index (χ3n) is 4.11. The molecule has 3 rings (SSSR count). The number of nitrogens with zero attached hydrogens (tertiary/aromatic N) is 3. The minimum atomic E-state index is -2.79. The van der Waals surface area contributed by atoms with Crippen molar-refractivity contribution < 1.29 is 8.42 Å². The number of sulfone groups is 1. The minimum Gasteiger partial charge on any atom is -0.315 e. The highest BCUT2D eigenvalue weighted by atomic mass is 32.2. The molecule has 2 unspecified atom stereocenters. The average molecular weight is 269 g/mol. The summed E-state index contributed by atoms with van der Waals surface area (Å²) in [7, 11) is -2.79. The normalized spacial score (nSPS) is 30.3. The molecule has 0 aliphatic carbocycles. The van der Waals surface area contributed by atoms with Crippen LogP contribution in [0.4, 0.5) is 0 Å². The first-order valence-electron chi connectivity index (χ1n) is 6.67. The molecule has 0 spiro atoms. The first-order valence-corrected chi connectivity index (χ1v) is 8.50. The Labute approximate surface area is 108 Å². The first kappa shape index (κ1) is 12.1. The van der Waals surface area contributed by atoms with Crippen molar-refractivity contribution >= 4 is 9.84 Å². The summed E-state index contributed by atoms with van der Waals surface area (Å²) in [5.41, 5.74) is 0. The van der Waals surface area contributed by atoms with Crippen molar-refractivity contribution in [2.45, 2.75) is 45.1 Å². The molecule has 0 bridgehead atoms. The van der Waals surface area contributed by atoms with Crippen molar-refractivity contribution in [1.29, 1.82) is 0 Å². The van der Waals surface area contributed by atoms with Gasteiger partial charge in [0, 0.05) is 18.9 Å². The summed E-state index contributed by atoms with van der Waals surface area (Å²) >= 11 is 0. The third kappa shape index (κ3) is 2.18. The van der Waals surface area contributed by atoms with Gasteiger partial charge in [-0.05, 0) is 25.2 Å². The fraction of sp³-hybridized carbons (Fsp3) is 0.833. The zero-order valence-electron chi connectivity index (χ0n) is 10.7. The van der Waals surface area contributed by atoms with E-state index in [0.717, 1.165) is 31.0 Å². The Hall–Kier alpha value is -0.910. The van der Waals surface area contributed by atoms with Gasteiger partial charge in [0.1, 0.15) is 11.6 Å². The topological polar surface area (TPSA) is 64.8 Å². The van der Waals surface area contributed by atoms with E-state index in [4.69, 9.17) is 0 Å². The van der Waals surface area contributed by atoms with E-state index in [-0.39, 0.29) is 5.92 Å². The molecule has 1 saturated heterocycles. The molecule has 1 aromatic heterocycles. The highest BCUT2D eigenvalue weighted by molar-refractivity contribution is 7.91. The maximum atomic E-state index is 11.5. The van der Waals surface area contributed by atoms with E-state index >= 15 is 0 Å². The fourth-order valence-electron chi connectivity index (χ4n) is 3.08. The molecule has 2 aliphatic rings. The zero-order valence-corrected chi connectivity index (χ0v) is 11.5. The summed E-state index contributed by atoms with van der Waals surface area (Å²) in [5, 5.41) is 8.56. The maximum Gasteiger partial charge on any atom is 0.150 e. The Balaban J connectivity index is 1.78. The van der Waals surface area contributed by atoms with Crippen LogP contribution in [0.1, 0.15) is 43.8 Å². The van der Waals surface area contributed by atoms with Gasteiger partial charge in [0.15, 0.2) is 9.84 Å². The van der Waals surface area contributed by atoms with Crippen LogP contribution in [0.25, 0.3) is 0 Å². The summed E-state index contributed by atoms with van der Waals surface area (Å²) in [6.07, 6.45) is 3.89. The average Bonchev–Trinajstić information content (AvgIpc) is 2.85. The van der Waals surface area contributed by atoms with E-state index < -0.39 is 9.84 Å². The summed E-state index contributed by atoms with van der Waals surface area (Å²) in [6, 6.07) is 0. The molecular formula is C12H19N3O2S. The zero-order chi connectivity index (χ0) is 12.8. The van der Waals surface area contributed by atoms with Gasteiger partial charge in [0.2, 0.25) is 0 Å². The molecular weight excluding hydrogens is 250 g/mol. The second-order valence-corrected chi connectivity index (χ2v) is 7.87. The Bertz CT molecular complexity index is 550. The number of fused-ring (bicyclic) bond motifs is 1. The van der Waals surface area contributed by atoms with Crippen LogP contribution in [0.3, 0.4) is 0 Å². The Morgan fingerprint density at radius 1 is 1.33 bits per heavy atom. The summed E-state index contributed by atoms with van der Waals surface area (Å²) in [4.78, 5) is 0.